The summed E-state index contributed by atoms with van der Waals surface area (Å²) in [6, 6.07) is 0. The molecule has 1 rings (SSSR count). The Morgan fingerprint density at radius 2 is 2.14 bits per heavy atom. The molecule has 1 N–H and O–H groups in total. The van der Waals surface area contributed by atoms with Crippen LogP contribution in [0.25, 0.3) is 0 Å². The zero-order valence-electron chi connectivity index (χ0n) is 8.75. The van der Waals surface area contributed by atoms with Crippen molar-refractivity contribution in [3.8, 4) is 0 Å². The molecule has 0 aromatic carbocycles. The Hall–Kier alpha value is -0.130. The fourth-order valence-electron chi connectivity index (χ4n) is 1.18. The van der Waals surface area contributed by atoms with Crippen molar-refractivity contribution in [2.45, 2.75) is 30.0 Å². The van der Waals surface area contributed by atoms with Gasteiger partial charge in [0.1, 0.15) is 5.01 Å². The van der Waals surface area contributed by atoms with Crippen molar-refractivity contribution in [1.29, 1.82) is 0 Å². The highest BCUT2D eigenvalue weighted by atomic mass is 32.2. The third-order valence-corrected chi connectivity index (χ3v) is 3.90. The molecule has 0 bridgehead atoms. The van der Waals surface area contributed by atoms with Crippen LogP contribution in [0, 0.1) is 0 Å². The molecule has 0 amide bonds. The molecule has 5 heteroatoms. The highest BCUT2D eigenvalue weighted by molar-refractivity contribution is 8.00. The van der Waals surface area contributed by atoms with Crippen LogP contribution in [0.1, 0.15) is 24.3 Å². The number of nitrogens with one attached hydrogen (secondary N) is 1. The summed E-state index contributed by atoms with van der Waals surface area (Å²) >= 11 is 3.39. The lowest BCUT2D eigenvalue weighted by atomic mass is 10.2. The minimum absolute atomic E-state index is 1.08. The number of aromatic nitrogens is 2. The first-order valence-electron chi connectivity index (χ1n) is 4.87. The average molecular weight is 231 g/mol. The molecule has 0 spiro atoms. The van der Waals surface area contributed by atoms with Gasteiger partial charge in [-0.05, 0) is 32.7 Å². The maximum absolute atomic E-state index is 4.14. The number of unbranched alkanes of at least 4 members (excludes halogenated alkanes) is 2. The smallest absolute Gasteiger partial charge is 0.174 e. The van der Waals surface area contributed by atoms with Crippen LogP contribution >= 0.6 is 23.1 Å². The first-order chi connectivity index (χ1) is 6.86. The summed E-state index contributed by atoms with van der Waals surface area (Å²) in [6.07, 6.45) is 6.88. The predicted octanol–water partition coefficient (Wildman–Crippen LogP) is 2.19. The highest BCUT2D eigenvalue weighted by Crippen LogP contribution is 2.20. The van der Waals surface area contributed by atoms with Crippen molar-refractivity contribution in [2.75, 3.05) is 19.8 Å². The molecule has 0 fully saturated rings. The van der Waals surface area contributed by atoms with E-state index >= 15 is 0 Å². The second kappa shape index (κ2) is 7.20. The van der Waals surface area contributed by atoms with E-state index in [1.54, 1.807) is 23.1 Å². The molecule has 0 saturated heterocycles. The molecule has 0 aliphatic rings. The van der Waals surface area contributed by atoms with Crippen LogP contribution in [0.3, 0.4) is 0 Å². The van der Waals surface area contributed by atoms with E-state index in [2.05, 4.69) is 15.5 Å². The minimum Gasteiger partial charge on any atom is -0.320 e. The predicted molar refractivity (Wildman–Crippen MR) is 63.2 cm³/mol. The van der Waals surface area contributed by atoms with E-state index in [4.69, 9.17) is 0 Å². The normalized spacial score (nSPS) is 10.7. The van der Waals surface area contributed by atoms with Crippen LogP contribution < -0.4 is 5.32 Å². The average Bonchev–Trinajstić information content (AvgIpc) is 2.65. The summed E-state index contributed by atoms with van der Waals surface area (Å²) in [4.78, 5) is 0. The molecule has 0 unspecified atom stereocenters. The quantitative estimate of drug-likeness (QED) is 0.576. The number of aryl methyl sites for hydroxylation is 1. The van der Waals surface area contributed by atoms with E-state index in [0.717, 1.165) is 17.3 Å². The monoisotopic (exact) mass is 231 g/mol. The molecule has 80 valence electrons. The second-order valence-corrected chi connectivity index (χ2v) is 5.20. The Bertz CT molecular complexity index is 250. The van der Waals surface area contributed by atoms with Gasteiger partial charge in [0.05, 0.1) is 0 Å². The van der Waals surface area contributed by atoms with Gasteiger partial charge >= 0.3 is 0 Å². The molecule has 14 heavy (non-hydrogen) atoms. The Balaban J connectivity index is 2.12. The van der Waals surface area contributed by atoms with Gasteiger partial charge in [0.2, 0.25) is 0 Å². The summed E-state index contributed by atoms with van der Waals surface area (Å²) in [6.45, 7) is 1.12. The zero-order chi connectivity index (χ0) is 10.2. The van der Waals surface area contributed by atoms with E-state index in [1.165, 1.54) is 24.3 Å². The largest absolute Gasteiger partial charge is 0.320 e. The lowest BCUT2D eigenvalue weighted by Crippen LogP contribution is -2.07. The van der Waals surface area contributed by atoms with Gasteiger partial charge in [-0.25, -0.2) is 0 Å². The maximum atomic E-state index is 4.14. The van der Waals surface area contributed by atoms with Gasteiger partial charge in [-0.1, -0.05) is 29.5 Å². The summed E-state index contributed by atoms with van der Waals surface area (Å²) in [5.74, 6) is 0. The fraction of sp³-hybridized carbons (Fsp3) is 0.778. The zero-order valence-corrected chi connectivity index (χ0v) is 10.4. The van der Waals surface area contributed by atoms with Gasteiger partial charge < -0.3 is 5.32 Å². The SMILES string of the molecule is CNCCCCCc1nnc(SC)s1. The Kier molecular flexibility index (Phi) is 6.14. The molecule has 1 aromatic heterocycles. The first kappa shape index (κ1) is 11.9. The van der Waals surface area contributed by atoms with Crippen LogP contribution in [-0.4, -0.2) is 30.0 Å². The topological polar surface area (TPSA) is 37.8 Å². The summed E-state index contributed by atoms with van der Waals surface area (Å²) in [5.41, 5.74) is 0. The second-order valence-electron chi connectivity index (χ2n) is 3.08. The number of nitrogens with zero attached hydrogens (tertiary/aromatic N) is 2. The molecule has 0 aliphatic carbocycles. The van der Waals surface area contributed by atoms with Crippen LogP contribution in [0.4, 0.5) is 0 Å². The van der Waals surface area contributed by atoms with E-state index < -0.39 is 0 Å². The van der Waals surface area contributed by atoms with Gasteiger partial charge in [-0.15, -0.1) is 10.2 Å². The summed E-state index contributed by atoms with van der Waals surface area (Å²) in [5, 5.41) is 12.5. The van der Waals surface area contributed by atoms with Crippen molar-refractivity contribution in [1.82, 2.24) is 15.5 Å². The van der Waals surface area contributed by atoms with Crippen molar-refractivity contribution in [2.24, 2.45) is 0 Å². The minimum atomic E-state index is 1.08. The van der Waals surface area contributed by atoms with Crippen molar-refractivity contribution < 1.29 is 0 Å². The highest BCUT2D eigenvalue weighted by Gasteiger charge is 2.01. The van der Waals surface area contributed by atoms with Crippen LogP contribution in [0.2, 0.25) is 0 Å². The third kappa shape index (κ3) is 4.39. The van der Waals surface area contributed by atoms with E-state index in [-0.39, 0.29) is 0 Å². The van der Waals surface area contributed by atoms with Crippen molar-refractivity contribution in [3.05, 3.63) is 5.01 Å². The van der Waals surface area contributed by atoms with Crippen molar-refractivity contribution in [3.63, 3.8) is 0 Å². The van der Waals surface area contributed by atoms with E-state index in [1.807, 2.05) is 13.3 Å². The van der Waals surface area contributed by atoms with Gasteiger partial charge in [0, 0.05) is 6.42 Å². The molecule has 3 nitrogen and oxygen atoms in total. The molecule has 0 aliphatic heterocycles. The maximum Gasteiger partial charge on any atom is 0.174 e. The van der Waals surface area contributed by atoms with Crippen LogP contribution in [-0.2, 0) is 6.42 Å². The third-order valence-electron chi connectivity index (χ3n) is 1.94. The van der Waals surface area contributed by atoms with E-state index in [9.17, 15) is 0 Å². The van der Waals surface area contributed by atoms with Gasteiger partial charge in [0.25, 0.3) is 0 Å². The molecule has 0 atom stereocenters. The lowest BCUT2D eigenvalue weighted by molar-refractivity contribution is 0.639. The van der Waals surface area contributed by atoms with Gasteiger partial charge in [0.15, 0.2) is 4.34 Å². The molecule has 0 radical (unpaired) electrons. The molecular weight excluding hydrogens is 214 g/mol. The standard InChI is InChI=1S/C9H17N3S2/c1-10-7-5-3-4-6-8-11-12-9(13-2)14-8/h10H,3-7H2,1-2H3. The molecule has 1 aromatic rings. The van der Waals surface area contributed by atoms with Crippen LogP contribution in [0.5, 0.6) is 0 Å². The molecular formula is C9H17N3S2. The molecule has 0 saturated carbocycles. The first-order valence-corrected chi connectivity index (χ1v) is 6.92. The van der Waals surface area contributed by atoms with Crippen molar-refractivity contribution >= 4 is 23.1 Å². The number of thioether (sulfide) groups is 1. The summed E-state index contributed by atoms with van der Waals surface area (Å²) in [7, 11) is 2.00. The number of hydrogen-bond acceptors (Lipinski definition) is 5. The Morgan fingerprint density at radius 1 is 1.29 bits per heavy atom. The summed E-state index contributed by atoms with van der Waals surface area (Å²) < 4.78 is 1.08. The fourth-order valence-corrected chi connectivity index (χ4v) is 2.53. The van der Waals surface area contributed by atoms with E-state index in [0.29, 0.717) is 0 Å². The van der Waals surface area contributed by atoms with Gasteiger partial charge in [-0.3, -0.25) is 0 Å². The van der Waals surface area contributed by atoms with Crippen LogP contribution in [0.15, 0.2) is 4.34 Å². The lowest BCUT2D eigenvalue weighted by Gasteiger charge is -1.97. The Morgan fingerprint density at radius 3 is 2.79 bits per heavy atom. The molecule has 1 heterocycles. The number of rotatable bonds is 7. The Labute approximate surface area is 93.7 Å². The van der Waals surface area contributed by atoms with Gasteiger partial charge in [-0.2, -0.15) is 0 Å². The number of hydrogen-bond donors (Lipinski definition) is 1.